The van der Waals surface area contributed by atoms with Crippen LogP contribution in [0.5, 0.6) is 5.75 Å². The van der Waals surface area contributed by atoms with Crippen LogP contribution in [0.3, 0.4) is 0 Å². The summed E-state index contributed by atoms with van der Waals surface area (Å²) in [6, 6.07) is 14.6. The molecule has 2 aliphatic heterocycles. The van der Waals surface area contributed by atoms with Gasteiger partial charge in [-0.05, 0) is 36.2 Å². The predicted octanol–water partition coefficient (Wildman–Crippen LogP) is 2.24. The molecular formula is C22H25ClN4O3. The Kier molecular flexibility index (Phi) is 6.22. The molecule has 2 saturated heterocycles. The molecule has 158 valence electrons. The largest absolute Gasteiger partial charge is 0.497 e. The van der Waals surface area contributed by atoms with Crippen LogP contribution in [0.4, 0.5) is 0 Å². The zero-order chi connectivity index (χ0) is 21.1. The second-order valence-electron chi connectivity index (χ2n) is 7.50. The minimum absolute atomic E-state index is 0.0390. The summed E-state index contributed by atoms with van der Waals surface area (Å²) in [5, 5.41) is 0.450. The number of ether oxygens (including phenoxy) is 1. The molecule has 8 heteroatoms. The highest BCUT2D eigenvalue weighted by atomic mass is 35.5. The molecule has 2 atom stereocenters. The molecule has 7 nitrogen and oxygen atoms in total. The highest BCUT2D eigenvalue weighted by Gasteiger charge is 2.35. The van der Waals surface area contributed by atoms with E-state index >= 15 is 0 Å². The van der Waals surface area contributed by atoms with Gasteiger partial charge >= 0.3 is 0 Å². The Morgan fingerprint density at radius 3 is 2.47 bits per heavy atom. The number of nitrogens with one attached hydrogen (secondary N) is 2. The molecule has 0 bridgehead atoms. The summed E-state index contributed by atoms with van der Waals surface area (Å²) >= 11 is 6.15. The van der Waals surface area contributed by atoms with E-state index in [2.05, 4.69) is 10.9 Å². The zero-order valence-corrected chi connectivity index (χ0v) is 17.6. The molecule has 2 fully saturated rings. The average Bonchev–Trinajstić information content (AvgIpc) is 3.29. The van der Waals surface area contributed by atoms with E-state index in [-0.39, 0.29) is 23.9 Å². The highest BCUT2D eigenvalue weighted by molar-refractivity contribution is 6.33. The van der Waals surface area contributed by atoms with Crippen molar-refractivity contribution in [2.24, 2.45) is 0 Å². The van der Waals surface area contributed by atoms with Gasteiger partial charge in [-0.3, -0.25) is 9.59 Å². The minimum atomic E-state index is -0.299. The maximum absolute atomic E-state index is 13.0. The minimum Gasteiger partial charge on any atom is -0.497 e. The number of hydrazine groups is 1. The van der Waals surface area contributed by atoms with Crippen molar-refractivity contribution in [2.45, 2.75) is 18.5 Å². The summed E-state index contributed by atoms with van der Waals surface area (Å²) < 4.78 is 5.29. The molecule has 4 rings (SSSR count). The van der Waals surface area contributed by atoms with E-state index in [1.54, 1.807) is 36.3 Å². The Morgan fingerprint density at radius 1 is 1.00 bits per heavy atom. The first kappa shape index (κ1) is 20.7. The molecule has 0 radical (unpaired) electrons. The molecule has 2 amide bonds. The van der Waals surface area contributed by atoms with Crippen LogP contribution in [0.2, 0.25) is 5.02 Å². The van der Waals surface area contributed by atoms with Crippen molar-refractivity contribution < 1.29 is 14.3 Å². The topological polar surface area (TPSA) is 73.9 Å². The van der Waals surface area contributed by atoms with Gasteiger partial charge in [0.05, 0.1) is 17.7 Å². The van der Waals surface area contributed by atoms with Gasteiger partial charge in [-0.1, -0.05) is 35.9 Å². The third-order valence-corrected chi connectivity index (χ3v) is 6.01. The molecule has 0 saturated carbocycles. The summed E-state index contributed by atoms with van der Waals surface area (Å²) in [5.74, 6) is 0.757. The van der Waals surface area contributed by atoms with Gasteiger partial charge < -0.3 is 14.5 Å². The van der Waals surface area contributed by atoms with Crippen LogP contribution in [0.1, 0.15) is 28.4 Å². The number of hydrogen-bond acceptors (Lipinski definition) is 5. The van der Waals surface area contributed by atoms with Crippen LogP contribution in [0.15, 0.2) is 48.5 Å². The fourth-order valence-electron chi connectivity index (χ4n) is 3.95. The molecule has 2 N–H and O–H groups in total. The maximum atomic E-state index is 13.0. The van der Waals surface area contributed by atoms with Crippen LogP contribution in [-0.4, -0.2) is 60.9 Å². The van der Waals surface area contributed by atoms with Gasteiger partial charge in [0, 0.05) is 32.2 Å². The number of methoxy groups -OCH3 is 1. The van der Waals surface area contributed by atoms with Gasteiger partial charge in [-0.25, -0.2) is 10.9 Å². The number of benzene rings is 2. The number of carbonyl (C=O) groups excluding carboxylic acids is 2. The van der Waals surface area contributed by atoms with E-state index < -0.39 is 0 Å². The van der Waals surface area contributed by atoms with Gasteiger partial charge in [0.2, 0.25) is 5.91 Å². The Labute approximate surface area is 180 Å². The van der Waals surface area contributed by atoms with Crippen molar-refractivity contribution in [3.63, 3.8) is 0 Å². The summed E-state index contributed by atoms with van der Waals surface area (Å²) in [5.41, 5.74) is 7.92. The van der Waals surface area contributed by atoms with Crippen molar-refractivity contribution in [3.8, 4) is 5.75 Å². The number of hydrogen-bond donors (Lipinski definition) is 2. The molecule has 0 aromatic heterocycles. The molecule has 30 heavy (non-hydrogen) atoms. The van der Waals surface area contributed by atoms with Crippen LogP contribution < -0.4 is 15.6 Å². The Morgan fingerprint density at radius 2 is 1.73 bits per heavy atom. The summed E-state index contributed by atoms with van der Waals surface area (Å²) in [4.78, 5) is 29.3. The molecule has 2 aliphatic rings. The Hall–Kier alpha value is -2.61. The fourth-order valence-corrected chi connectivity index (χ4v) is 4.17. The van der Waals surface area contributed by atoms with E-state index in [0.29, 0.717) is 43.2 Å². The Balaban J connectivity index is 1.32. The molecule has 2 aromatic carbocycles. The van der Waals surface area contributed by atoms with Crippen molar-refractivity contribution in [2.75, 3.05) is 33.3 Å². The number of amides is 2. The van der Waals surface area contributed by atoms with Gasteiger partial charge in [0.1, 0.15) is 11.8 Å². The number of halogens is 1. The average molecular weight is 429 g/mol. The van der Waals surface area contributed by atoms with Gasteiger partial charge in [0.25, 0.3) is 5.91 Å². The van der Waals surface area contributed by atoms with Crippen molar-refractivity contribution in [1.29, 1.82) is 0 Å². The summed E-state index contributed by atoms with van der Waals surface area (Å²) in [6.45, 7) is 2.01. The molecule has 0 spiro atoms. The third kappa shape index (κ3) is 4.28. The Bertz CT molecular complexity index is 930. The lowest BCUT2D eigenvalue weighted by atomic mass is 10.0. The van der Waals surface area contributed by atoms with Crippen molar-refractivity contribution in [3.05, 3.63) is 64.7 Å². The number of piperazine rings is 1. The summed E-state index contributed by atoms with van der Waals surface area (Å²) in [6.07, 6.45) is 0.658. The lowest BCUT2D eigenvalue weighted by Gasteiger charge is -2.36. The normalized spacial score (nSPS) is 21.5. The molecule has 2 aromatic rings. The zero-order valence-electron chi connectivity index (χ0n) is 16.8. The first-order chi connectivity index (χ1) is 14.6. The summed E-state index contributed by atoms with van der Waals surface area (Å²) in [7, 11) is 1.64. The van der Waals surface area contributed by atoms with Crippen molar-refractivity contribution >= 4 is 23.4 Å². The number of carbonyl (C=O) groups is 2. The van der Waals surface area contributed by atoms with E-state index in [0.717, 1.165) is 11.3 Å². The SMILES string of the molecule is COc1cccc(C2CC(C(=O)N3CCN(C(=O)c4ccccc4Cl)CC3)NN2)c1. The maximum Gasteiger partial charge on any atom is 0.255 e. The first-order valence-electron chi connectivity index (χ1n) is 10.0. The van der Waals surface area contributed by atoms with Crippen LogP contribution in [-0.2, 0) is 4.79 Å². The van der Waals surface area contributed by atoms with Crippen LogP contribution in [0, 0.1) is 0 Å². The lowest BCUT2D eigenvalue weighted by Crippen LogP contribution is -2.54. The van der Waals surface area contributed by atoms with Crippen LogP contribution >= 0.6 is 11.6 Å². The van der Waals surface area contributed by atoms with Crippen molar-refractivity contribution in [1.82, 2.24) is 20.7 Å². The van der Waals surface area contributed by atoms with E-state index in [9.17, 15) is 9.59 Å². The van der Waals surface area contributed by atoms with Gasteiger partial charge in [0.15, 0.2) is 0 Å². The van der Waals surface area contributed by atoms with E-state index in [4.69, 9.17) is 16.3 Å². The van der Waals surface area contributed by atoms with E-state index in [1.165, 1.54) is 0 Å². The van der Waals surface area contributed by atoms with Gasteiger partial charge in [-0.2, -0.15) is 0 Å². The number of rotatable bonds is 4. The smallest absolute Gasteiger partial charge is 0.255 e. The highest BCUT2D eigenvalue weighted by Crippen LogP contribution is 2.26. The van der Waals surface area contributed by atoms with E-state index in [1.807, 2.05) is 29.2 Å². The molecular weight excluding hydrogens is 404 g/mol. The predicted molar refractivity (Wildman–Crippen MR) is 114 cm³/mol. The molecule has 2 unspecified atom stereocenters. The van der Waals surface area contributed by atoms with Crippen LogP contribution in [0.25, 0.3) is 0 Å². The number of nitrogens with zero attached hydrogens (tertiary/aromatic N) is 2. The standard InChI is InChI=1S/C22H25ClN4O3/c1-30-16-6-4-5-15(13-16)19-14-20(25-24-19)22(29)27-11-9-26(10-12-27)21(28)17-7-2-3-8-18(17)23/h2-8,13,19-20,24-25H,9-12,14H2,1H3. The lowest BCUT2D eigenvalue weighted by molar-refractivity contribution is -0.134. The molecule has 0 aliphatic carbocycles. The monoisotopic (exact) mass is 428 g/mol. The van der Waals surface area contributed by atoms with Gasteiger partial charge in [-0.15, -0.1) is 0 Å². The second kappa shape index (κ2) is 9.04. The second-order valence-corrected chi connectivity index (χ2v) is 7.91. The quantitative estimate of drug-likeness (QED) is 0.781. The third-order valence-electron chi connectivity index (χ3n) is 5.68. The first-order valence-corrected chi connectivity index (χ1v) is 10.4. The fraction of sp³-hybridized carbons (Fsp3) is 0.364. The molecule has 2 heterocycles.